The molecule has 2 aliphatic rings. The predicted octanol–water partition coefficient (Wildman–Crippen LogP) is 0.471. The van der Waals surface area contributed by atoms with E-state index in [9.17, 15) is 8.42 Å². The molecule has 1 unspecified atom stereocenters. The van der Waals surface area contributed by atoms with Gasteiger partial charge in [0.1, 0.15) is 0 Å². The molecule has 0 aromatic heterocycles. The van der Waals surface area contributed by atoms with Gasteiger partial charge in [-0.05, 0) is 31.6 Å². The molecule has 1 saturated heterocycles. The molecule has 6 heteroatoms. The Balaban J connectivity index is 1.89. The second-order valence-electron chi connectivity index (χ2n) is 6.00. The molecule has 0 spiro atoms. The summed E-state index contributed by atoms with van der Waals surface area (Å²) < 4.78 is 24.9. The molecule has 0 bridgehead atoms. The van der Waals surface area contributed by atoms with Crippen LogP contribution in [0.2, 0.25) is 0 Å². The highest BCUT2D eigenvalue weighted by atomic mass is 32.2. The van der Waals surface area contributed by atoms with E-state index in [1.165, 1.54) is 25.5 Å². The van der Waals surface area contributed by atoms with Crippen molar-refractivity contribution >= 4 is 10.0 Å². The van der Waals surface area contributed by atoms with Crippen LogP contribution in [0.25, 0.3) is 0 Å². The van der Waals surface area contributed by atoms with Crippen LogP contribution in [0, 0.1) is 5.92 Å². The SMILES string of the molecule is CS(=O)(=O)N1CCCC(CN(CCN)C2CCC2)C1. The first-order chi connectivity index (χ1) is 9.00. The number of piperidine rings is 1. The summed E-state index contributed by atoms with van der Waals surface area (Å²) in [6.45, 7) is 4.02. The molecule has 1 aliphatic heterocycles. The topological polar surface area (TPSA) is 66.6 Å². The van der Waals surface area contributed by atoms with Crippen LogP contribution in [0.15, 0.2) is 0 Å². The minimum absolute atomic E-state index is 0.468. The fraction of sp³-hybridized carbons (Fsp3) is 1.00. The Labute approximate surface area is 117 Å². The maximum atomic E-state index is 11.6. The summed E-state index contributed by atoms with van der Waals surface area (Å²) in [7, 11) is -3.03. The standard InChI is InChI=1S/C13H27N3O2S/c1-19(17,18)16-8-3-4-12(11-16)10-15(9-7-14)13-5-2-6-13/h12-13H,2-11,14H2,1H3. The van der Waals surface area contributed by atoms with Gasteiger partial charge >= 0.3 is 0 Å². The van der Waals surface area contributed by atoms with E-state index in [0.29, 0.717) is 31.6 Å². The van der Waals surface area contributed by atoms with Gasteiger partial charge in [-0.25, -0.2) is 12.7 Å². The van der Waals surface area contributed by atoms with E-state index in [-0.39, 0.29) is 0 Å². The van der Waals surface area contributed by atoms with E-state index in [1.54, 1.807) is 4.31 Å². The lowest BCUT2D eigenvalue weighted by atomic mass is 9.89. The lowest BCUT2D eigenvalue weighted by Crippen LogP contribution is -2.48. The van der Waals surface area contributed by atoms with Crippen molar-refractivity contribution in [3.63, 3.8) is 0 Å². The normalized spacial score (nSPS) is 26.6. The van der Waals surface area contributed by atoms with E-state index >= 15 is 0 Å². The van der Waals surface area contributed by atoms with Crippen molar-refractivity contribution in [2.24, 2.45) is 11.7 Å². The Morgan fingerprint density at radius 3 is 2.53 bits per heavy atom. The third-order valence-corrected chi connectivity index (χ3v) is 5.72. The summed E-state index contributed by atoms with van der Waals surface area (Å²) in [6.07, 6.45) is 7.33. The number of sulfonamides is 1. The zero-order valence-electron chi connectivity index (χ0n) is 11.9. The number of nitrogens with two attached hydrogens (primary N) is 1. The number of hydrogen-bond donors (Lipinski definition) is 1. The van der Waals surface area contributed by atoms with Crippen LogP contribution in [-0.4, -0.2) is 62.6 Å². The number of hydrogen-bond acceptors (Lipinski definition) is 4. The van der Waals surface area contributed by atoms with Crippen molar-refractivity contribution in [1.82, 2.24) is 9.21 Å². The summed E-state index contributed by atoms with van der Waals surface area (Å²) in [5.74, 6) is 0.468. The highest BCUT2D eigenvalue weighted by Crippen LogP contribution is 2.27. The number of rotatable bonds is 6. The zero-order chi connectivity index (χ0) is 13.9. The Morgan fingerprint density at radius 2 is 2.00 bits per heavy atom. The number of nitrogens with zero attached hydrogens (tertiary/aromatic N) is 2. The lowest BCUT2D eigenvalue weighted by Gasteiger charge is -2.41. The summed E-state index contributed by atoms with van der Waals surface area (Å²) >= 11 is 0. The highest BCUT2D eigenvalue weighted by Gasteiger charge is 2.30. The van der Waals surface area contributed by atoms with E-state index in [0.717, 1.165) is 25.9 Å². The van der Waals surface area contributed by atoms with E-state index < -0.39 is 10.0 Å². The largest absolute Gasteiger partial charge is 0.329 e. The Hall–Kier alpha value is -0.170. The summed E-state index contributed by atoms with van der Waals surface area (Å²) in [6, 6.07) is 0.692. The van der Waals surface area contributed by atoms with Crippen molar-refractivity contribution in [2.75, 3.05) is 39.0 Å². The first kappa shape index (κ1) is 15.2. The molecule has 0 aromatic rings. The van der Waals surface area contributed by atoms with Gasteiger partial charge < -0.3 is 5.73 Å². The van der Waals surface area contributed by atoms with Crippen molar-refractivity contribution in [3.8, 4) is 0 Å². The highest BCUT2D eigenvalue weighted by molar-refractivity contribution is 7.88. The molecule has 0 amide bonds. The van der Waals surface area contributed by atoms with Gasteiger partial charge in [0.25, 0.3) is 0 Å². The molecule has 0 aromatic carbocycles. The quantitative estimate of drug-likeness (QED) is 0.772. The molecular formula is C13H27N3O2S. The molecule has 112 valence electrons. The fourth-order valence-electron chi connectivity index (χ4n) is 3.15. The minimum Gasteiger partial charge on any atom is -0.329 e. The fourth-order valence-corrected chi connectivity index (χ4v) is 4.09. The molecular weight excluding hydrogens is 262 g/mol. The molecule has 2 N–H and O–H groups in total. The van der Waals surface area contributed by atoms with Crippen LogP contribution >= 0.6 is 0 Å². The van der Waals surface area contributed by atoms with Crippen molar-refractivity contribution in [1.29, 1.82) is 0 Å². The molecule has 1 saturated carbocycles. The first-order valence-corrected chi connectivity index (χ1v) is 9.25. The van der Waals surface area contributed by atoms with Crippen LogP contribution < -0.4 is 5.73 Å². The first-order valence-electron chi connectivity index (χ1n) is 7.40. The Bertz CT molecular complexity index is 381. The average molecular weight is 289 g/mol. The monoisotopic (exact) mass is 289 g/mol. The molecule has 19 heavy (non-hydrogen) atoms. The smallest absolute Gasteiger partial charge is 0.211 e. The van der Waals surface area contributed by atoms with E-state index in [4.69, 9.17) is 5.73 Å². The van der Waals surface area contributed by atoms with Gasteiger partial charge in [0.15, 0.2) is 0 Å². The molecule has 1 heterocycles. The summed E-state index contributed by atoms with van der Waals surface area (Å²) in [4.78, 5) is 2.49. The second kappa shape index (κ2) is 6.52. The Kier molecular flexibility index (Phi) is 5.22. The van der Waals surface area contributed by atoms with Crippen LogP contribution in [0.3, 0.4) is 0 Å². The van der Waals surface area contributed by atoms with Crippen LogP contribution in [-0.2, 0) is 10.0 Å². The molecule has 1 atom stereocenters. The predicted molar refractivity (Wildman–Crippen MR) is 77.4 cm³/mol. The maximum absolute atomic E-state index is 11.6. The lowest BCUT2D eigenvalue weighted by molar-refractivity contribution is 0.0947. The molecule has 5 nitrogen and oxygen atoms in total. The van der Waals surface area contributed by atoms with Gasteiger partial charge in [0.05, 0.1) is 6.26 Å². The van der Waals surface area contributed by atoms with Gasteiger partial charge in [0.2, 0.25) is 10.0 Å². The van der Waals surface area contributed by atoms with Crippen LogP contribution in [0.5, 0.6) is 0 Å². The third-order valence-electron chi connectivity index (χ3n) is 4.45. The third kappa shape index (κ3) is 4.15. The van der Waals surface area contributed by atoms with Crippen LogP contribution in [0.4, 0.5) is 0 Å². The van der Waals surface area contributed by atoms with Gasteiger partial charge in [-0.3, -0.25) is 4.90 Å². The van der Waals surface area contributed by atoms with Crippen molar-refractivity contribution in [2.45, 2.75) is 38.1 Å². The van der Waals surface area contributed by atoms with Crippen molar-refractivity contribution < 1.29 is 8.42 Å². The molecule has 1 aliphatic carbocycles. The van der Waals surface area contributed by atoms with Gasteiger partial charge in [-0.15, -0.1) is 0 Å². The van der Waals surface area contributed by atoms with Crippen molar-refractivity contribution in [3.05, 3.63) is 0 Å². The zero-order valence-corrected chi connectivity index (χ0v) is 12.7. The maximum Gasteiger partial charge on any atom is 0.211 e. The molecule has 2 rings (SSSR count). The average Bonchev–Trinajstić information content (AvgIpc) is 2.26. The van der Waals surface area contributed by atoms with Crippen LogP contribution in [0.1, 0.15) is 32.1 Å². The Morgan fingerprint density at radius 1 is 1.26 bits per heavy atom. The molecule has 0 radical (unpaired) electrons. The summed E-state index contributed by atoms with van der Waals surface area (Å²) in [5, 5.41) is 0. The molecule has 2 fully saturated rings. The van der Waals surface area contributed by atoms with E-state index in [1.807, 2.05) is 0 Å². The van der Waals surface area contributed by atoms with Gasteiger partial charge in [0, 0.05) is 38.8 Å². The summed E-state index contributed by atoms with van der Waals surface area (Å²) in [5.41, 5.74) is 5.70. The van der Waals surface area contributed by atoms with Gasteiger partial charge in [-0.1, -0.05) is 6.42 Å². The van der Waals surface area contributed by atoms with Gasteiger partial charge in [-0.2, -0.15) is 0 Å². The van der Waals surface area contributed by atoms with E-state index in [2.05, 4.69) is 4.90 Å². The second-order valence-corrected chi connectivity index (χ2v) is 7.98. The minimum atomic E-state index is -3.03.